The molecule has 1 heterocycles. The fourth-order valence-corrected chi connectivity index (χ4v) is 1.52. The number of rotatable bonds is 4. The van der Waals surface area contributed by atoms with E-state index < -0.39 is 5.97 Å². The van der Waals surface area contributed by atoms with Gasteiger partial charge in [-0.05, 0) is 23.8 Å². The number of nitrogens with zero attached hydrogens (tertiary/aromatic N) is 1. The zero-order valence-corrected chi connectivity index (χ0v) is 10.5. The molecule has 1 aromatic heterocycles. The molecule has 5 heteroatoms. The van der Waals surface area contributed by atoms with Crippen molar-refractivity contribution in [3.8, 4) is 5.75 Å². The molecule has 0 bridgehead atoms. The number of hydrogen-bond donors (Lipinski definition) is 1. The van der Waals surface area contributed by atoms with Crippen molar-refractivity contribution in [2.75, 3.05) is 12.8 Å². The van der Waals surface area contributed by atoms with Crippen LogP contribution in [0.4, 0.5) is 5.69 Å². The molecule has 1 aromatic carbocycles. The Balaban J connectivity index is 1.96. The largest absolute Gasteiger partial charge is 0.497 e. The van der Waals surface area contributed by atoms with Crippen molar-refractivity contribution in [2.45, 2.75) is 6.61 Å². The molecule has 0 radical (unpaired) electrons. The molecule has 2 aromatic rings. The van der Waals surface area contributed by atoms with E-state index in [0.717, 1.165) is 11.3 Å². The van der Waals surface area contributed by atoms with Gasteiger partial charge in [-0.1, -0.05) is 12.1 Å². The molecule has 98 valence electrons. The van der Waals surface area contributed by atoms with Gasteiger partial charge >= 0.3 is 5.97 Å². The van der Waals surface area contributed by atoms with Crippen LogP contribution in [-0.2, 0) is 11.3 Å². The average Bonchev–Trinajstić information content (AvgIpc) is 2.45. The summed E-state index contributed by atoms with van der Waals surface area (Å²) in [5.74, 6) is 0.311. The number of hydrogen-bond acceptors (Lipinski definition) is 5. The number of carbonyl (C=O) groups is 1. The summed E-state index contributed by atoms with van der Waals surface area (Å²) in [6.45, 7) is 0.192. The van der Waals surface area contributed by atoms with Crippen molar-refractivity contribution in [1.29, 1.82) is 0 Å². The highest BCUT2D eigenvalue weighted by molar-refractivity contribution is 5.89. The maximum atomic E-state index is 11.8. The molecule has 0 aliphatic rings. The Hall–Kier alpha value is -2.56. The average molecular weight is 258 g/mol. The van der Waals surface area contributed by atoms with Gasteiger partial charge in [-0.25, -0.2) is 4.79 Å². The second-order valence-electron chi connectivity index (χ2n) is 3.93. The summed E-state index contributed by atoms with van der Waals surface area (Å²) in [6, 6.07) is 8.83. The minimum absolute atomic E-state index is 0.192. The summed E-state index contributed by atoms with van der Waals surface area (Å²) in [5.41, 5.74) is 7.20. The molecule has 19 heavy (non-hydrogen) atoms. The molecule has 0 spiro atoms. The Labute approximate surface area is 111 Å². The van der Waals surface area contributed by atoms with Gasteiger partial charge in [0.15, 0.2) is 0 Å². The Bertz CT molecular complexity index is 567. The maximum Gasteiger partial charge on any atom is 0.340 e. The van der Waals surface area contributed by atoms with Crippen LogP contribution in [0.25, 0.3) is 0 Å². The number of carbonyl (C=O) groups excluding carboxylic acids is 1. The first kappa shape index (κ1) is 12.9. The molecule has 0 saturated carbocycles. The van der Waals surface area contributed by atoms with Crippen LogP contribution in [0.3, 0.4) is 0 Å². The standard InChI is InChI=1S/C14H14N2O3/c1-18-13-4-2-10(3-5-13)9-19-14(17)11-6-12(15)8-16-7-11/h2-8H,9,15H2,1H3. The first-order chi connectivity index (χ1) is 9.19. The maximum absolute atomic E-state index is 11.8. The summed E-state index contributed by atoms with van der Waals surface area (Å²) in [6.07, 6.45) is 2.90. The lowest BCUT2D eigenvalue weighted by atomic mass is 10.2. The van der Waals surface area contributed by atoms with Crippen molar-refractivity contribution in [1.82, 2.24) is 4.98 Å². The van der Waals surface area contributed by atoms with Gasteiger partial charge in [0.1, 0.15) is 12.4 Å². The molecule has 0 saturated heterocycles. The fourth-order valence-electron chi connectivity index (χ4n) is 1.52. The topological polar surface area (TPSA) is 74.4 Å². The van der Waals surface area contributed by atoms with Gasteiger partial charge in [-0.2, -0.15) is 0 Å². The molecule has 0 fully saturated rings. The number of aromatic nitrogens is 1. The van der Waals surface area contributed by atoms with E-state index in [1.807, 2.05) is 24.3 Å². The van der Waals surface area contributed by atoms with Crippen LogP contribution in [-0.4, -0.2) is 18.1 Å². The monoisotopic (exact) mass is 258 g/mol. The second-order valence-corrected chi connectivity index (χ2v) is 3.93. The summed E-state index contributed by atoms with van der Waals surface area (Å²) in [4.78, 5) is 15.6. The Morgan fingerprint density at radius 3 is 2.63 bits per heavy atom. The van der Waals surface area contributed by atoms with Crippen LogP contribution in [0.5, 0.6) is 5.75 Å². The minimum atomic E-state index is -0.449. The number of pyridine rings is 1. The number of esters is 1. The number of benzene rings is 1. The summed E-state index contributed by atoms with van der Waals surface area (Å²) < 4.78 is 10.2. The van der Waals surface area contributed by atoms with Crippen LogP contribution < -0.4 is 10.5 Å². The zero-order valence-electron chi connectivity index (χ0n) is 10.5. The van der Waals surface area contributed by atoms with Gasteiger partial charge in [0, 0.05) is 12.4 Å². The summed E-state index contributed by atoms with van der Waals surface area (Å²) >= 11 is 0. The molecule has 2 N–H and O–H groups in total. The normalized spacial score (nSPS) is 9.95. The number of ether oxygens (including phenoxy) is 2. The number of anilines is 1. The third-order valence-electron chi connectivity index (χ3n) is 2.52. The molecule has 5 nitrogen and oxygen atoms in total. The molecular formula is C14H14N2O3. The predicted octanol–water partition coefficient (Wildman–Crippen LogP) is 2.03. The summed E-state index contributed by atoms with van der Waals surface area (Å²) in [5, 5.41) is 0. The van der Waals surface area contributed by atoms with Gasteiger partial charge in [-0.3, -0.25) is 4.98 Å². The first-order valence-corrected chi connectivity index (χ1v) is 5.69. The van der Waals surface area contributed by atoms with Crippen molar-refractivity contribution in [3.63, 3.8) is 0 Å². The fraction of sp³-hybridized carbons (Fsp3) is 0.143. The van der Waals surface area contributed by atoms with Crippen LogP contribution in [0, 0.1) is 0 Å². The lowest BCUT2D eigenvalue weighted by Gasteiger charge is -2.06. The molecular weight excluding hydrogens is 244 g/mol. The van der Waals surface area contributed by atoms with Crippen LogP contribution in [0.1, 0.15) is 15.9 Å². The Morgan fingerprint density at radius 1 is 1.26 bits per heavy atom. The zero-order chi connectivity index (χ0) is 13.7. The van der Waals surface area contributed by atoms with Gasteiger partial charge in [-0.15, -0.1) is 0 Å². The smallest absolute Gasteiger partial charge is 0.340 e. The summed E-state index contributed by atoms with van der Waals surface area (Å²) in [7, 11) is 1.60. The Morgan fingerprint density at radius 2 is 2.00 bits per heavy atom. The van der Waals surface area contributed by atoms with Gasteiger partial charge in [0.05, 0.1) is 18.4 Å². The van der Waals surface area contributed by atoms with E-state index in [1.54, 1.807) is 7.11 Å². The second kappa shape index (κ2) is 5.86. The molecule has 0 aliphatic carbocycles. The number of methoxy groups -OCH3 is 1. The van der Waals surface area contributed by atoms with Gasteiger partial charge < -0.3 is 15.2 Å². The van der Waals surface area contributed by atoms with Crippen molar-refractivity contribution in [3.05, 3.63) is 53.9 Å². The van der Waals surface area contributed by atoms with Gasteiger partial charge in [0.2, 0.25) is 0 Å². The highest BCUT2D eigenvalue weighted by Gasteiger charge is 2.08. The van der Waals surface area contributed by atoms with Crippen LogP contribution in [0.2, 0.25) is 0 Å². The lowest BCUT2D eigenvalue weighted by Crippen LogP contribution is -2.06. The van der Waals surface area contributed by atoms with Crippen LogP contribution >= 0.6 is 0 Å². The van der Waals surface area contributed by atoms with E-state index in [9.17, 15) is 4.79 Å². The quantitative estimate of drug-likeness (QED) is 0.849. The number of nitrogen functional groups attached to an aromatic ring is 1. The molecule has 0 unspecified atom stereocenters. The van der Waals surface area contributed by atoms with Crippen molar-refractivity contribution >= 4 is 11.7 Å². The Kier molecular flexibility index (Phi) is 3.97. The third kappa shape index (κ3) is 3.45. The minimum Gasteiger partial charge on any atom is -0.497 e. The highest BCUT2D eigenvalue weighted by atomic mass is 16.5. The van der Waals surface area contributed by atoms with Crippen molar-refractivity contribution in [2.24, 2.45) is 0 Å². The van der Waals surface area contributed by atoms with E-state index >= 15 is 0 Å². The molecule has 2 rings (SSSR count). The van der Waals surface area contributed by atoms with E-state index in [1.165, 1.54) is 18.5 Å². The molecule has 0 amide bonds. The molecule has 0 aliphatic heterocycles. The third-order valence-corrected chi connectivity index (χ3v) is 2.52. The van der Waals surface area contributed by atoms with Crippen molar-refractivity contribution < 1.29 is 14.3 Å². The van der Waals surface area contributed by atoms with E-state index in [-0.39, 0.29) is 6.61 Å². The predicted molar refractivity (Wildman–Crippen MR) is 70.8 cm³/mol. The number of nitrogens with two attached hydrogens (primary N) is 1. The van der Waals surface area contributed by atoms with E-state index in [0.29, 0.717) is 11.3 Å². The lowest BCUT2D eigenvalue weighted by molar-refractivity contribution is 0.0472. The highest BCUT2D eigenvalue weighted by Crippen LogP contribution is 2.13. The SMILES string of the molecule is COc1ccc(COC(=O)c2cncc(N)c2)cc1. The van der Waals surface area contributed by atoms with Gasteiger partial charge in [0.25, 0.3) is 0 Å². The first-order valence-electron chi connectivity index (χ1n) is 5.69. The molecule has 0 atom stereocenters. The van der Waals surface area contributed by atoms with E-state index in [4.69, 9.17) is 15.2 Å². The van der Waals surface area contributed by atoms with Crippen LogP contribution in [0.15, 0.2) is 42.7 Å². The van der Waals surface area contributed by atoms with E-state index in [2.05, 4.69) is 4.98 Å².